The zero-order chi connectivity index (χ0) is 12.7. The summed E-state index contributed by atoms with van der Waals surface area (Å²) in [6.07, 6.45) is 0.436. The number of nitrogens with zero attached hydrogens (tertiary/aromatic N) is 1. The first-order valence-electron chi connectivity index (χ1n) is 5.59. The van der Waals surface area contributed by atoms with E-state index in [9.17, 15) is 0 Å². The van der Waals surface area contributed by atoms with Gasteiger partial charge in [-0.1, -0.05) is 23.4 Å². The van der Waals surface area contributed by atoms with E-state index in [2.05, 4.69) is 10.5 Å². The Balaban J connectivity index is 2.49. The smallest absolute Gasteiger partial charge is 0.170 e. The quantitative estimate of drug-likeness (QED) is 0.192. The molecule has 94 valence electrons. The minimum absolute atomic E-state index is 0.107. The second-order valence-corrected chi connectivity index (χ2v) is 4.00. The number of aliphatic hydroxyl groups is 1. The number of hydrogen-bond donors (Lipinski definition) is 4. The lowest BCUT2D eigenvalue weighted by molar-refractivity contribution is 0.183. The topological polar surface area (TPSA) is 90.9 Å². The highest BCUT2D eigenvalue weighted by Crippen LogP contribution is 2.05. The number of nitrogens with one attached hydrogen (secondary N) is 1. The molecule has 1 aromatic rings. The maximum atomic E-state index is 9.10. The standard InChI is InChI=1S/C12H19N3O2/c1-9(16)5-6-14-8-10-3-2-4-11(7-10)12(13)15-17/h2-4,7,9,14,16-17H,5-6,8H2,1H3,(H2,13,15). The summed E-state index contributed by atoms with van der Waals surface area (Å²) in [4.78, 5) is 0. The lowest BCUT2D eigenvalue weighted by atomic mass is 10.1. The molecule has 1 rings (SSSR count). The van der Waals surface area contributed by atoms with E-state index in [-0.39, 0.29) is 11.9 Å². The summed E-state index contributed by atoms with van der Waals surface area (Å²) in [6, 6.07) is 7.47. The fourth-order valence-corrected chi connectivity index (χ4v) is 1.44. The van der Waals surface area contributed by atoms with Gasteiger partial charge in [-0.15, -0.1) is 0 Å². The van der Waals surface area contributed by atoms with E-state index >= 15 is 0 Å². The van der Waals surface area contributed by atoms with Crippen molar-refractivity contribution in [3.05, 3.63) is 35.4 Å². The van der Waals surface area contributed by atoms with Crippen molar-refractivity contribution in [3.63, 3.8) is 0 Å². The average molecular weight is 237 g/mol. The van der Waals surface area contributed by atoms with Crippen LogP contribution in [0.2, 0.25) is 0 Å². The van der Waals surface area contributed by atoms with E-state index in [1.165, 1.54) is 0 Å². The fraction of sp³-hybridized carbons (Fsp3) is 0.417. The minimum Gasteiger partial charge on any atom is -0.409 e. The van der Waals surface area contributed by atoms with Gasteiger partial charge >= 0.3 is 0 Å². The normalized spacial score (nSPS) is 13.6. The molecule has 0 aliphatic carbocycles. The van der Waals surface area contributed by atoms with Crippen molar-refractivity contribution in [2.45, 2.75) is 26.0 Å². The molecule has 5 nitrogen and oxygen atoms in total. The highest BCUT2D eigenvalue weighted by atomic mass is 16.4. The molecule has 0 aliphatic rings. The lowest BCUT2D eigenvalue weighted by Crippen LogP contribution is -2.19. The van der Waals surface area contributed by atoms with Gasteiger partial charge in [-0.3, -0.25) is 0 Å². The first-order chi connectivity index (χ1) is 8.13. The minimum atomic E-state index is -0.286. The Hall–Kier alpha value is -1.59. The van der Waals surface area contributed by atoms with Gasteiger partial charge in [0, 0.05) is 12.1 Å². The Kier molecular flexibility index (Phi) is 5.45. The molecule has 5 heteroatoms. The van der Waals surface area contributed by atoms with Crippen molar-refractivity contribution < 1.29 is 10.3 Å². The van der Waals surface area contributed by atoms with Crippen molar-refractivity contribution in [2.24, 2.45) is 10.9 Å². The number of nitrogens with two attached hydrogens (primary N) is 1. The zero-order valence-corrected chi connectivity index (χ0v) is 9.93. The number of benzene rings is 1. The van der Waals surface area contributed by atoms with Crippen molar-refractivity contribution >= 4 is 5.84 Å². The summed E-state index contributed by atoms with van der Waals surface area (Å²) in [5, 5.41) is 23.8. The van der Waals surface area contributed by atoms with Gasteiger partial charge in [-0.25, -0.2) is 0 Å². The molecule has 0 aliphatic heterocycles. The molecule has 0 aromatic heterocycles. The third kappa shape index (κ3) is 4.84. The van der Waals surface area contributed by atoms with Crippen molar-refractivity contribution in [3.8, 4) is 0 Å². The number of hydrogen-bond acceptors (Lipinski definition) is 4. The summed E-state index contributed by atoms with van der Waals surface area (Å²) in [5.74, 6) is 0.107. The molecule has 0 radical (unpaired) electrons. The van der Waals surface area contributed by atoms with Gasteiger partial charge in [0.1, 0.15) is 0 Å². The van der Waals surface area contributed by atoms with Crippen LogP contribution in [0.4, 0.5) is 0 Å². The predicted molar refractivity (Wildman–Crippen MR) is 67.0 cm³/mol. The maximum Gasteiger partial charge on any atom is 0.170 e. The van der Waals surface area contributed by atoms with Crippen LogP contribution in [0, 0.1) is 0 Å². The van der Waals surface area contributed by atoms with Gasteiger partial charge < -0.3 is 21.4 Å². The molecule has 0 spiro atoms. The average Bonchev–Trinajstić information content (AvgIpc) is 2.34. The second kappa shape index (κ2) is 6.88. The number of aliphatic hydroxyl groups excluding tert-OH is 1. The van der Waals surface area contributed by atoms with Gasteiger partial charge in [0.25, 0.3) is 0 Å². The number of oxime groups is 1. The van der Waals surface area contributed by atoms with Crippen LogP contribution in [-0.4, -0.2) is 28.8 Å². The van der Waals surface area contributed by atoms with Crippen LogP contribution in [0.5, 0.6) is 0 Å². The van der Waals surface area contributed by atoms with E-state index in [0.29, 0.717) is 12.1 Å². The van der Waals surface area contributed by atoms with E-state index < -0.39 is 0 Å². The van der Waals surface area contributed by atoms with E-state index in [4.69, 9.17) is 16.0 Å². The molecule has 0 amide bonds. The third-order valence-electron chi connectivity index (χ3n) is 2.40. The third-order valence-corrected chi connectivity index (χ3v) is 2.40. The van der Waals surface area contributed by atoms with E-state index in [0.717, 1.165) is 18.5 Å². The van der Waals surface area contributed by atoms with Gasteiger partial charge in [0.15, 0.2) is 5.84 Å². The molecule has 0 saturated carbocycles. The van der Waals surface area contributed by atoms with Gasteiger partial charge in [-0.05, 0) is 31.5 Å². The summed E-state index contributed by atoms with van der Waals surface area (Å²) in [5.41, 5.74) is 7.26. The Morgan fingerprint density at radius 3 is 2.94 bits per heavy atom. The molecule has 0 saturated heterocycles. The van der Waals surface area contributed by atoms with Gasteiger partial charge in [0.05, 0.1) is 6.10 Å². The van der Waals surface area contributed by atoms with Crippen molar-refractivity contribution in [1.29, 1.82) is 0 Å². The molecular formula is C12H19N3O2. The molecule has 0 heterocycles. The summed E-state index contributed by atoms with van der Waals surface area (Å²) in [7, 11) is 0. The Morgan fingerprint density at radius 2 is 2.29 bits per heavy atom. The highest BCUT2D eigenvalue weighted by Gasteiger charge is 2.00. The summed E-state index contributed by atoms with van der Waals surface area (Å²) >= 11 is 0. The first kappa shape index (κ1) is 13.5. The van der Waals surface area contributed by atoms with Crippen LogP contribution < -0.4 is 11.1 Å². The van der Waals surface area contributed by atoms with E-state index in [1.54, 1.807) is 13.0 Å². The maximum absolute atomic E-state index is 9.10. The SMILES string of the molecule is CC(O)CCNCc1cccc(C(N)=NO)c1. The van der Waals surface area contributed by atoms with Crippen LogP contribution >= 0.6 is 0 Å². The summed E-state index contributed by atoms with van der Waals surface area (Å²) in [6.45, 7) is 3.21. The predicted octanol–water partition coefficient (Wildman–Crippen LogP) is 0.642. The molecule has 1 aromatic carbocycles. The van der Waals surface area contributed by atoms with Crippen LogP contribution in [0.1, 0.15) is 24.5 Å². The largest absolute Gasteiger partial charge is 0.409 e. The van der Waals surface area contributed by atoms with E-state index in [1.807, 2.05) is 18.2 Å². The van der Waals surface area contributed by atoms with Crippen molar-refractivity contribution in [1.82, 2.24) is 5.32 Å². The molecule has 0 fully saturated rings. The molecule has 17 heavy (non-hydrogen) atoms. The van der Waals surface area contributed by atoms with Crippen LogP contribution in [0.3, 0.4) is 0 Å². The van der Waals surface area contributed by atoms with Gasteiger partial charge in [-0.2, -0.15) is 0 Å². The van der Waals surface area contributed by atoms with Crippen LogP contribution in [0.15, 0.2) is 29.4 Å². The molecule has 5 N–H and O–H groups in total. The fourth-order valence-electron chi connectivity index (χ4n) is 1.44. The lowest BCUT2D eigenvalue weighted by Gasteiger charge is -2.07. The summed E-state index contributed by atoms with van der Waals surface area (Å²) < 4.78 is 0. The monoisotopic (exact) mass is 237 g/mol. The molecule has 1 atom stereocenters. The zero-order valence-electron chi connectivity index (χ0n) is 9.93. The highest BCUT2D eigenvalue weighted by molar-refractivity contribution is 5.97. The number of rotatable bonds is 6. The molecule has 0 bridgehead atoms. The van der Waals surface area contributed by atoms with Crippen LogP contribution in [-0.2, 0) is 6.54 Å². The molecular weight excluding hydrogens is 218 g/mol. The van der Waals surface area contributed by atoms with Crippen molar-refractivity contribution in [2.75, 3.05) is 6.54 Å². The van der Waals surface area contributed by atoms with Gasteiger partial charge in [0.2, 0.25) is 0 Å². The Bertz CT molecular complexity index is 378. The Morgan fingerprint density at radius 1 is 1.53 bits per heavy atom. The van der Waals surface area contributed by atoms with Crippen LogP contribution in [0.25, 0.3) is 0 Å². The second-order valence-electron chi connectivity index (χ2n) is 4.00. The Labute approximate surface area is 101 Å². The number of amidine groups is 1. The first-order valence-corrected chi connectivity index (χ1v) is 5.59. The molecule has 1 unspecified atom stereocenters.